The van der Waals surface area contributed by atoms with Crippen LogP contribution >= 0.6 is 0 Å². The molecule has 0 aliphatic rings. The molecule has 0 aromatic heterocycles. The number of carboxylic acid groups (broad SMARTS) is 2. The summed E-state index contributed by atoms with van der Waals surface area (Å²) in [6, 6.07) is -1.22. The lowest BCUT2D eigenvalue weighted by Crippen LogP contribution is -2.49. The predicted octanol–water partition coefficient (Wildman–Crippen LogP) is -0.110. The van der Waals surface area contributed by atoms with E-state index in [0.717, 1.165) is 0 Å². The lowest BCUT2D eigenvalue weighted by atomic mass is 10.1. The summed E-state index contributed by atoms with van der Waals surface area (Å²) in [7, 11) is 0. The number of nitrogens with zero attached hydrogens (tertiary/aromatic N) is 1. The normalized spacial score (nSPS) is 13.7. The third-order valence-electron chi connectivity index (χ3n) is 2.70. The molecule has 2 unspecified atom stereocenters. The molecule has 0 aliphatic carbocycles. The molecule has 0 rings (SSSR count). The molecule has 0 radical (unpaired) electrons. The molecule has 2 atom stereocenters. The van der Waals surface area contributed by atoms with Crippen molar-refractivity contribution in [2.24, 2.45) is 5.73 Å². The van der Waals surface area contributed by atoms with Gasteiger partial charge in [-0.2, -0.15) is 0 Å². The first-order valence-electron chi connectivity index (χ1n) is 5.79. The monoisotopic (exact) mass is 260 g/mol. The zero-order valence-corrected chi connectivity index (χ0v) is 10.6. The molecule has 0 aromatic rings. The van der Waals surface area contributed by atoms with Crippen LogP contribution in [-0.2, 0) is 14.4 Å². The van der Waals surface area contributed by atoms with E-state index in [4.69, 9.17) is 15.9 Å². The molecule has 0 fully saturated rings. The van der Waals surface area contributed by atoms with Crippen LogP contribution in [0.3, 0.4) is 0 Å². The van der Waals surface area contributed by atoms with Gasteiger partial charge in [-0.15, -0.1) is 0 Å². The molecule has 4 N–H and O–H groups in total. The Hall–Kier alpha value is -1.63. The van der Waals surface area contributed by atoms with Crippen molar-refractivity contribution >= 4 is 17.8 Å². The lowest BCUT2D eigenvalue weighted by Gasteiger charge is -2.29. The van der Waals surface area contributed by atoms with E-state index in [1.54, 1.807) is 6.92 Å². The first kappa shape index (κ1) is 16.4. The summed E-state index contributed by atoms with van der Waals surface area (Å²) >= 11 is 0. The van der Waals surface area contributed by atoms with Crippen LogP contribution in [0.4, 0.5) is 0 Å². The molecule has 1 amide bonds. The highest BCUT2D eigenvalue weighted by atomic mass is 16.4. The third-order valence-corrected chi connectivity index (χ3v) is 2.70. The Bertz CT molecular complexity index is 319. The first-order valence-corrected chi connectivity index (χ1v) is 5.79. The van der Waals surface area contributed by atoms with Gasteiger partial charge in [0, 0.05) is 12.5 Å². The number of carbonyl (C=O) groups is 3. The van der Waals surface area contributed by atoms with Gasteiger partial charge in [0.2, 0.25) is 5.91 Å². The second kappa shape index (κ2) is 7.65. The van der Waals surface area contributed by atoms with E-state index in [1.165, 1.54) is 4.90 Å². The Kier molecular flexibility index (Phi) is 6.96. The maximum Gasteiger partial charge on any atom is 0.323 e. The highest BCUT2D eigenvalue weighted by Gasteiger charge is 2.26. The van der Waals surface area contributed by atoms with Gasteiger partial charge < -0.3 is 20.8 Å². The topological polar surface area (TPSA) is 121 Å². The highest BCUT2D eigenvalue weighted by molar-refractivity contribution is 5.85. The van der Waals surface area contributed by atoms with Crippen molar-refractivity contribution in [3.8, 4) is 0 Å². The number of hydrogen-bond acceptors (Lipinski definition) is 4. The maximum absolute atomic E-state index is 11.9. The van der Waals surface area contributed by atoms with Crippen molar-refractivity contribution in [3.05, 3.63) is 0 Å². The van der Waals surface area contributed by atoms with E-state index in [1.807, 2.05) is 6.92 Å². The van der Waals surface area contributed by atoms with E-state index < -0.39 is 30.4 Å². The molecule has 0 aromatic carbocycles. The zero-order chi connectivity index (χ0) is 14.3. The number of aliphatic carboxylic acids is 2. The van der Waals surface area contributed by atoms with Gasteiger partial charge in [0.25, 0.3) is 0 Å². The molecular formula is C11H20N2O5. The van der Waals surface area contributed by atoms with Gasteiger partial charge in [0.05, 0.1) is 6.04 Å². The van der Waals surface area contributed by atoms with Crippen LogP contribution in [-0.4, -0.2) is 51.6 Å². The van der Waals surface area contributed by atoms with Gasteiger partial charge in [-0.3, -0.25) is 14.4 Å². The molecule has 0 bridgehead atoms. The molecule has 0 saturated heterocycles. The smallest absolute Gasteiger partial charge is 0.323 e. The number of carbonyl (C=O) groups excluding carboxylic acids is 1. The maximum atomic E-state index is 11.9. The van der Waals surface area contributed by atoms with Crippen LogP contribution in [0, 0.1) is 0 Å². The van der Waals surface area contributed by atoms with E-state index >= 15 is 0 Å². The molecule has 18 heavy (non-hydrogen) atoms. The summed E-state index contributed by atoms with van der Waals surface area (Å²) in [5.74, 6) is -2.67. The van der Waals surface area contributed by atoms with E-state index in [0.29, 0.717) is 6.42 Å². The van der Waals surface area contributed by atoms with Crippen molar-refractivity contribution in [1.29, 1.82) is 0 Å². The second-order valence-electron chi connectivity index (χ2n) is 4.16. The SMILES string of the molecule is CCC(C)N(CC(=O)O)C(=O)C(N)CCC(=O)O. The van der Waals surface area contributed by atoms with Crippen LogP contribution in [0.5, 0.6) is 0 Å². The highest BCUT2D eigenvalue weighted by Crippen LogP contribution is 2.08. The van der Waals surface area contributed by atoms with Gasteiger partial charge in [0.1, 0.15) is 6.54 Å². The number of rotatable bonds is 8. The zero-order valence-electron chi connectivity index (χ0n) is 10.6. The fraction of sp³-hybridized carbons (Fsp3) is 0.727. The minimum Gasteiger partial charge on any atom is -0.481 e. The van der Waals surface area contributed by atoms with Crippen molar-refractivity contribution in [2.75, 3.05) is 6.54 Å². The minimum absolute atomic E-state index is 0.000714. The summed E-state index contributed by atoms with van der Waals surface area (Å²) in [5, 5.41) is 17.3. The minimum atomic E-state index is -1.12. The van der Waals surface area contributed by atoms with Crippen LogP contribution in [0.2, 0.25) is 0 Å². The Balaban J connectivity index is 4.62. The summed E-state index contributed by atoms with van der Waals surface area (Å²) < 4.78 is 0. The molecule has 0 aliphatic heterocycles. The Labute approximate surface area is 106 Å². The van der Waals surface area contributed by atoms with Crippen molar-refractivity contribution < 1.29 is 24.6 Å². The number of nitrogens with two attached hydrogens (primary N) is 1. The predicted molar refractivity (Wildman–Crippen MR) is 63.9 cm³/mol. The number of amides is 1. The number of hydrogen-bond donors (Lipinski definition) is 3. The summed E-state index contributed by atoms with van der Waals surface area (Å²) in [5.41, 5.74) is 5.59. The largest absolute Gasteiger partial charge is 0.481 e. The molecule has 7 heteroatoms. The quantitative estimate of drug-likeness (QED) is 0.560. The van der Waals surface area contributed by atoms with Gasteiger partial charge in [0.15, 0.2) is 0 Å². The van der Waals surface area contributed by atoms with E-state index in [2.05, 4.69) is 0 Å². The molecule has 0 spiro atoms. The standard InChI is InChI=1S/C11H20N2O5/c1-3-7(2)13(6-10(16)17)11(18)8(12)4-5-9(14)15/h7-8H,3-6,12H2,1-2H3,(H,14,15)(H,16,17). The van der Waals surface area contributed by atoms with Crippen molar-refractivity contribution in [2.45, 2.75) is 45.2 Å². The lowest BCUT2D eigenvalue weighted by molar-refractivity contribution is -0.147. The van der Waals surface area contributed by atoms with Crippen molar-refractivity contribution in [1.82, 2.24) is 4.90 Å². The average molecular weight is 260 g/mol. The fourth-order valence-corrected chi connectivity index (χ4v) is 1.43. The van der Waals surface area contributed by atoms with E-state index in [-0.39, 0.29) is 18.9 Å². The average Bonchev–Trinajstić information content (AvgIpc) is 2.30. The van der Waals surface area contributed by atoms with Crippen molar-refractivity contribution in [3.63, 3.8) is 0 Å². The van der Waals surface area contributed by atoms with Crippen LogP contribution in [0.1, 0.15) is 33.1 Å². The van der Waals surface area contributed by atoms with Crippen LogP contribution in [0.15, 0.2) is 0 Å². The summed E-state index contributed by atoms with van der Waals surface area (Å²) in [6.07, 6.45) is 0.389. The molecule has 0 heterocycles. The van der Waals surface area contributed by atoms with Gasteiger partial charge in [-0.05, 0) is 19.8 Å². The fourth-order valence-electron chi connectivity index (χ4n) is 1.43. The first-order chi connectivity index (χ1) is 8.29. The number of carboxylic acids is 2. The van der Waals surface area contributed by atoms with E-state index in [9.17, 15) is 14.4 Å². The second-order valence-corrected chi connectivity index (χ2v) is 4.16. The molecular weight excluding hydrogens is 240 g/mol. The Morgan fingerprint density at radius 3 is 2.17 bits per heavy atom. The molecule has 0 saturated carbocycles. The Morgan fingerprint density at radius 1 is 1.22 bits per heavy atom. The molecule has 7 nitrogen and oxygen atoms in total. The Morgan fingerprint density at radius 2 is 1.78 bits per heavy atom. The molecule has 104 valence electrons. The summed E-state index contributed by atoms with van der Waals surface area (Å²) in [4.78, 5) is 34.2. The van der Waals surface area contributed by atoms with Gasteiger partial charge >= 0.3 is 11.9 Å². The van der Waals surface area contributed by atoms with Crippen LogP contribution in [0.25, 0.3) is 0 Å². The summed E-state index contributed by atoms with van der Waals surface area (Å²) in [6.45, 7) is 3.13. The van der Waals surface area contributed by atoms with Gasteiger partial charge in [-0.1, -0.05) is 6.92 Å². The third kappa shape index (κ3) is 5.62. The van der Waals surface area contributed by atoms with Gasteiger partial charge in [-0.25, -0.2) is 0 Å². The van der Waals surface area contributed by atoms with Crippen LogP contribution < -0.4 is 5.73 Å².